The maximum Gasteiger partial charge on any atom is 0.252 e. The number of rotatable bonds is 6. The van der Waals surface area contributed by atoms with Crippen LogP contribution in [0.15, 0.2) is 53.3 Å². The molecule has 1 atom stereocenters. The Morgan fingerprint density at radius 2 is 1.88 bits per heavy atom. The van der Waals surface area contributed by atoms with Crippen molar-refractivity contribution in [3.8, 4) is 11.4 Å². The summed E-state index contributed by atoms with van der Waals surface area (Å²) >= 11 is 0. The van der Waals surface area contributed by atoms with Crippen molar-refractivity contribution in [2.24, 2.45) is 5.92 Å². The average molecular weight is 350 g/mol. The summed E-state index contributed by atoms with van der Waals surface area (Å²) in [5, 5.41) is 7.09. The van der Waals surface area contributed by atoms with E-state index in [4.69, 9.17) is 4.52 Å². The summed E-state index contributed by atoms with van der Waals surface area (Å²) in [6.07, 6.45) is 4.06. The molecule has 0 spiro atoms. The van der Waals surface area contributed by atoms with Crippen LogP contribution in [0.5, 0.6) is 0 Å². The number of nitrogens with one attached hydrogen (secondary N) is 1. The summed E-state index contributed by atoms with van der Waals surface area (Å²) in [6.45, 7) is 6.10. The van der Waals surface area contributed by atoms with Crippen molar-refractivity contribution in [1.29, 1.82) is 0 Å². The van der Waals surface area contributed by atoms with Gasteiger partial charge in [0.05, 0.1) is 0 Å². The van der Waals surface area contributed by atoms with Crippen LogP contribution in [0.25, 0.3) is 11.4 Å². The van der Waals surface area contributed by atoms with Crippen LogP contribution in [0, 0.1) is 12.8 Å². The molecule has 3 aromatic rings. The third kappa shape index (κ3) is 4.14. The van der Waals surface area contributed by atoms with Crippen LogP contribution >= 0.6 is 0 Å². The van der Waals surface area contributed by atoms with Crippen LogP contribution in [0.4, 0.5) is 0 Å². The molecule has 0 saturated heterocycles. The number of hydrogen-bond acceptors (Lipinski definition) is 5. The second-order valence-electron chi connectivity index (χ2n) is 6.66. The van der Waals surface area contributed by atoms with Gasteiger partial charge in [0.2, 0.25) is 11.7 Å². The zero-order valence-corrected chi connectivity index (χ0v) is 15.1. The van der Waals surface area contributed by atoms with E-state index in [0.29, 0.717) is 29.6 Å². The molecular formula is C20H22N4O2. The second-order valence-corrected chi connectivity index (χ2v) is 6.66. The molecule has 0 radical (unpaired) electrons. The molecule has 0 aliphatic rings. The number of carbonyl (C=O) groups excluding carboxylic acids is 1. The van der Waals surface area contributed by atoms with Gasteiger partial charge in [-0.05, 0) is 43.0 Å². The highest BCUT2D eigenvalue weighted by Gasteiger charge is 2.24. The standard InChI is InChI=1S/C20H22N4O2/c1-13(2)12-17(22-19(25)16-7-5-4-6-14(16)3)20-23-18(24-26-20)15-8-10-21-11-9-15/h4-11,13,17H,12H2,1-3H3,(H,22,25). The minimum atomic E-state index is -0.342. The summed E-state index contributed by atoms with van der Waals surface area (Å²) in [4.78, 5) is 21.2. The van der Waals surface area contributed by atoms with E-state index >= 15 is 0 Å². The Morgan fingerprint density at radius 1 is 1.15 bits per heavy atom. The van der Waals surface area contributed by atoms with Crippen molar-refractivity contribution in [1.82, 2.24) is 20.4 Å². The van der Waals surface area contributed by atoms with Gasteiger partial charge in [-0.25, -0.2) is 0 Å². The van der Waals surface area contributed by atoms with Gasteiger partial charge in [-0.3, -0.25) is 9.78 Å². The molecule has 2 aromatic heterocycles. The Bertz CT molecular complexity index is 874. The van der Waals surface area contributed by atoms with Crippen molar-refractivity contribution < 1.29 is 9.32 Å². The fourth-order valence-corrected chi connectivity index (χ4v) is 2.75. The molecule has 1 unspecified atom stereocenters. The summed E-state index contributed by atoms with van der Waals surface area (Å²) in [7, 11) is 0. The minimum absolute atomic E-state index is 0.141. The van der Waals surface area contributed by atoms with Gasteiger partial charge in [-0.15, -0.1) is 0 Å². The number of benzene rings is 1. The van der Waals surface area contributed by atoms with Crippen LogP contribution < -0.4 is 5.32 Å². The maximum atomic E-state index is 12.7. The Hall–Kier alpha value is -3.02. The lowest BCUT2D eigenvalue weighted by atomic mass is 10.0. The molecule has 1 N–H and O–H groups in total. The molecule has 6 nitrogen and oxygen atoms in total. The van der Waals surface area contributed by atoms with Crippen LogP contribution in [0.2, 0.25) is 0 Å². The largest absolute Gasteiger partial charge is 0.340 e. The highest BCUT2D eigenvalue weighted by atomic mass is 16.5. The Labute approximate surface area is 152 Å². The number of pyridine rings is 1. The number of hydrogen-bond donors (Lipinski definition) is 1. The van der Waals surface area contributed by atoms with E-state index in [1.54, 1.807) is 12.4 Å². The first-order valence-corrected chi connectivity index (χ1v) is 8.65. The summed E-state index contributed by atoms with van der Waals surface area (Å²) in [6, 6.07) is 10.8. The predicted molar refractivity (Wildman–Crippen MR) is 98.4 cm³/mol. The van der Waals surface area contributed by atoms with Gasteiger partial charge in [-0.1, -0.05) is 37.2 Å². The normalized spacial score (nSPS) is 12.2. The monoisotopic (exact) mass is 350 g/mol. The number of aromatic nitrogens is 3. The molecule has 0 aliphatic heterocycles. The van der Waals surface area contributed by atoms with Crippen molar-refractivity contribution in [3.05, 3.63) is 65.8 Å². The van der Waals surface area contributed by atoms with E-state index in [9.17, 15) is 4.79 Å². The van der Waals surface area contributed by atoms with E-state index in [0.717, 1.165) is 11.1 Å². The summed E-state index contributed by atoms with van der Waals surface area (Å²) in [5.74, 6) is 1.11. The van der Waals surface area contributed by atoms with E-state index in [2.05, 4.69) is 34.3 Å². The summed E-state index contributed by atoms with van der Waals surface area (Å²) in [5.41, 5.74) is 2.40. The van der Waals surface area contributed by atoms with Crippen LogP contribution in [0.3, 0.4) is 0 Å². The van der Waals surface area contributed by atoms with E-state index in [1.807, 2.05) is 43.3 Å². The molecule has 0 saturated carbocycles. The molecule has 3 rings (SSSR count). The smallest absolute Gasteiger partial charge is 0.252 e. The van der Waals surface area contributed by atoms with Crippen molar-refractivity contribution >= 4 is 5.91 Å². The first kappa shape index (κ1) is 17.8. The molecule has 0 fully saturated rings. The van der Waals surface area contributed by atoms with Crippen molar-refractivity contribution in [3.63, 3.8) is 0 Å². The Kier molecular flexibility index (Phi) is 5.41. The molecule has 1 amide bonds. The molecule has 2 heterocycles. The van der Waals surface area contributed by atoms with E-state index < -0.39 is 0 Å². The molecule has 0 bridgehead atoms. The first-order chi connectivity index (χ1) is 12.5. The fourth-order valence-electron chi connectivity index (χ4n) is 2.75. The Morgan fingerprint density at radius 3 is 2.58 bits per heavy atom. The number of amides is 1. The second kappa shape index (κ2) is 7.91. The predicted octanol–water partition coefficient (Wildman–Crippen LogP) is 3.96. The quantitative estimate of drug-likeness (QED) is 0.728. The average Bonchev–Trinajstić information content (AvgIpc) is 3.12. The third-order valence-corrected chi connectivity index (χ3v) is 4.08. The van der Waals surface area contributed by atoms with Gasteiger partial charge < -0.3 is 9.84 Å². The van der Waals surface area contributed by atoms with E-state index in [1.165, 1.54) is 0 Å². The zero-order valence-electron chi connectivity index (χ0n) is 15.1. The Balaban J connectivity index is 1.84. The number of carbonyl (C=O) groups is 1. The van der Waals surface area contributed by atoms with Gasteiger partial charge in [0, 0.05) is 23.5 Å². The van der Waals surface area contributed by atoms with Gasteiger partial charge in [0.1, 0.15) is 6.04 Å². The zero-order chi connectivity index (χ0) is 18.5. The van der Waals surface area contributed by atoms with Crippen molar-refractivity contribution in [2.45, 2.75) is 33.2 Å². The molecule has 1 aromatic carbocycles. The number of aryl methyl sites for hydroxylation is 1. The lowest BCUT2D eigenvalue weighted by Gasteiger charge is -2.17. The number of nitrogens with zero attached hydrogens (tertiary/aromatic N) is 3. The minimum Gasteiger partial charge on any atom is -0.340 e. The highest BCUT2D eigenvalue weighted by molar-refractivity contribution is 5.95. The fraction of sp³-hybridized carbons (Fsp3) is 0.300. The lowest BCUT2D eigenvalue weighted by molar-refractivity contribution is 0.0921. The highest BCUT2D eigenvalue weighted by Crippen LogP contribution is 2.23. The van der Waals surface area contributed by atoms with Crippen LogP contribution in [-0.4, -0.2) is 21.0 Å². The van der Waals surface area contributed by atoms with Crippen molar-refractivity contribution in [2.75, 3.05) is 0 Å². The molecule has 0 aliphatic carbocycles. The van der Waals surface area contributed by atoms with Gasteiger partial charge in [0.15, 0.2) is 0 Å². The topological polar surface area (TPSA) is 80.9 Å². The first-order valence-electron chi connectivity index (χ1n) is 8.65. The summed E-state index contributed by atoms with van der Waals surface area (Å²) < 4.78 is 5.45. The van der Waals surface area contributed by atoms with Gasteiger partial charge >= 0.3 is 0 Å². The van der Waals surface area contributed by atoms with Gasteiger partial charge in [0.25, 0.3) is 5.91 Å². The maximum absolute atomic E-state index is 12.7. The van der Waals surface area contributed by atoms with Crippen LogP contribution in [-0.2, 0) is 0 Å². The third-order valence-electron chi connectivity index (χ3n) is 4.08. The molecular weight excluding hydrogens is 328 g/mol. The van der Waals surface area contributed by atoms with Gasteiger partial charge in [-0.2, -0.15) is 4.98 Å². The molecule has 6 heteroatoms. The van der Waals surface area contributed by atoms with E-state index in [-0.39, 0.29) is 11.9 Å². The molecule has 134 valence electrons. The van der Waals surface area contributed by atoms with Crippen LogP contribution in [0.1, 0.15) is 48.1 Å². The molecule has 26 heavy (non-hydrogen) atoms. The SMILES string of the molecule is Cc1ccccc1C(=O)NC(CC(C)C)c1nc(-c2ccncc2)no1. The lowest BCUT2D eigenvalue weighted by Crippen LogP contribution is -2.30.